The van der Waals surface area contributed by atoms with E-state index in [2.05, 4.69) is 15.5 Å². The topological polar surface area (TPSA) is 77.2 Å². The fraction of sp³-hybridized carbons (Fsp3) is 0.400. The summed E-state index contributed by atoms with van der Waals surface area (Å²) in [7, 11) is 1.63. The fourth-order valence-electron chi connectivity index (χ4n) is 1.85. The largest absolute Gasteiger partial charge is 0.385 e. The molecule has 1 amide bonds. The van der Waals surface area contributed by atoms with Gasteiger partial charge in [0.05, 0.1) is 0 Å². The third kappa shape index (κ3) is 5.13. The number of nitrogens with one attached hydrogen (secondary N) is 1. The molecular weight excluding hydrogens is 306 g/mol. The smallest absolute Gasteiger partial charge is 0.227 e. The zero-order chi connectivity index (χ0) is 15.8. The van der Waals surface area contributed by atoms with Crippen LogP contribution in [0, 0.1) is 0 Å². The van der Waals surface area contributed by atoms with Gasteiger partial charge in [-0.3, -0.25) is 4.79 Å². The van der Waals surface area contributed by atoms with Crippen molar-refractivity contribution in [1.82, 2.24) is 15.5 Å². The summed E-state index contributed by atoms with van der Waals surface area (Å²) in [4.78, 5) is 15.9. The van der Waals surface area contributed by atoms with E-state index in [1.807, 2.05) is 12.1 Å². The van der Waals surface area contributed by atoms with E-state index in [-0.39, 0.29) is 5.91 Å². The van der Waals surface area contributed by atoms with Crippen molar-refractivity contribution in [3.05, 3.63) is 35.2 Å². The zero-order valence-electron chi connectivity index (χ0n) is 12.3. The number of aryl methyl sites for hydroxylation is 1. The molecule has 0 aliphatic carbocycles. The Morgan fingerprint density at radius 3 is 3.09 bits per heavy atom. The zero-order valence-corrected chi connectivity index (χ0v) is 13.1. The monoisotopic (exact) mass is 323 g/mol. The van der Waals surface area contributed by atoms with Crippen LogP contribution < -0.4 is 5.32 Å². The Morgan fingerprint density at radius 2 is 2.32 bits per heavy atom. The molecule has 0 spiro atoms. The molecule has 0 fully saturated rings. The van der Waals surface area contributed by atoms with Crippen LogP contribution in [0.15, 0.2) is 28.8 Å². The molecular formula is C15H18ClN3O3. The minimum Gasteiger partial charge on any atom is -0.385 e. The molecule has 1 N–H and O–H groups in total. The summed E-state index contributed by atoms with van der Waals surface area (Å²) in [5.74, 6) is 0.860. The molecule has 1 aromatic heterocycles. The highest BCUT2D eigenvalue weighted by molar-refractivity contribution is 6.30. The maximum absolute atomic E-state index is 11.6. The van der Waals surface area contributed by atoms with Crippen molar-refractivity contribution in [3.8, 4) is 11.4 Å². The molecule has 0 aliphatic rings. The first kappa shape index (κ1) is 16.5. The molecule has 0 bridgehead atoms. The molecule has 0 saturated carbocycles. The predicted octanol–water partition coefficient (Wildman–Crippen LogP) is 2.48. The van der Waals surface area contributed by atoms with Gasteiger partial charge in [0.25, 0.3) is 0 Å². The molecule has 0 aliphatic heterocycles. The molecule has 2 aromatic rings. The lowest BCUT2D eigenvalue weighted by Gasteiger charge is -2.02. The molecule has 1 aromatic carbocycles. The van der Waals surface area contributed by atoms with Gasteiger partial charge in [-0.1, -0.05) is 28.9 Å². The summed E-state index contributed by atoms with van der Waals surface area (Å²) in [6, 6.07) is 7.21. The number of methoxy groups -OCH3 is 1. The minimum absolute atomic E-state index is 0.0430. The van der Waals surface area contributed by atoms with Gasteiger partial charge in [0.1, 0.15) is 0 Å². The molecule has 22 heavy (non-hydrogen) atoms. The van der Waals surface area contributed by atoms with Gasteiger partial charge in [-0.15, -0.1) is 0 Å². The van der Waals surface area contributed by atoms with Crippen molar-refractivity contribution in [2.24, 2.45) is 0 Å². The van der Waals surface area contributed by atoms with Gasteiger partial charge in [0.15, 0.2) is 0 Å². The van der Waals surface area contributed by atoms with Crippen LogP contribution in [-0.2, 0) is 16.0 Å². The van der Waals surface area contributed by atoms with Gasteiger partial charge in [-0.05, 0) is 18.6 Å². The van der Waals surface area contributed by atoms with E-state index in [0.717, 1.165) is 12.0 Å². The average Bonchev–Trinajstić information content (AvgIpc) is 2.98. The summed E-state index contributed by atoms with van der Waals surface area (Å²) >= 11 is 5.93. The van der Waals surface area contributed by atoms with Crippen LogP contribution in [-0.4, -0.2) is 36.3 Å². The number of amides is 1. The van der Waals surface area contributed by atoms with Crippen molar-refractivity contribution in [2.45, 2.75) is 19.3 Å². The third-order valence-electron chi connectivity index (χ3n) is 2.96. The number of rotatable bonds is 8. The Hall–Kier alpha value is -1.92. The maximum Gasteiger partial charge on any atom is 0.227 e. The number of carbonyl (C=O) groups excluding carboxylic acids is 1. The van der Waals surface area contributed by atoms with E-state index in [1.54, 1.807) is 19.2 Å². The molecule has 2 rings (SSSR count). The van der Waals surface area contributed by atoms with Crippen LogP contribution >= 0.6 is 11.6 Å². The van der Waals surface area contributed by atoms with E-state index < -0.39 is 0 Å². The molecule has 0 atom stereocenters. The van der Waals surface area contributed by atoms with Gasteiger partial charge in [-0.25, -0.2) is 0 Å². The summed E-state index contributed by atoms with van der Waals surface area (Å²) in [5.41, 5.74) is 0.784. The highest BCUT2D eigenvalue weighted by atomic mass is 35.5. The van der Waals surface area contributed by atoms with Gasteiger partial charge < -0.3 is 14.6 Å². The lowest BCUT2D eigenvalue weighted by Crippen LogP contribution is -2.25. The van der Waals surface area contributed by atoms with Gasteiger partial charge in [0.2, 0.25) is 17.6 Å². The maximum atomic E-state index is 11.6. The Kier molecular flexibility index (Phi) is 6.36. The second kappa shape index (κ2) is 8.51. The molecule has 118 valence electrons. The van der Waals surface area contributed by atoms with Crippen molar-refractivity contribution in [2.75, 3.05) is 20.3 Å². The number of ether oxygens (including phenoxy) is 1. The van der Waals surface area contributed by atoms with Gasteiger partial charge in [-0.2, -0.15) is 4.98 Å². The minimum atomic E-state index is -0.0430. The lowest BCUT2D eigenvalue weighted by atomic mass is 10.2. The molecule has 6 nitrogen and oxygen atoms in total. The Morgan fingerprint density at radius 1 is 1.45 bits per heavy atom. The predicted molar refractivity (Wildman–Crippen MR) is 82.6 cm³/mol. The van der Waals surface area contributed by atoms with Gasteiger partial charge in [0, 0.05) is 43.7 Å². The Labute approximate surface area is 133 Å². The number of carbonyl (C=O) groups is 1. The van der Waals surface area contributed by atoms with E-state index in [9.17, 15) is 4.79 Å². The number of hydrogen-bond donors (Lipinski definition) is 1. The highest BCUT2D eigenvalue weighted by Crippen LogP contribution is 2.20. The van der Waals surface area contributed by atoms with E-state index >= 15 is 0 Å². The first-order valence-electron chi connectivity index (χ1n) is 7.03. The van der Waals surface area contributed by atoms with E-state index in [0.29, 0.717) is 42.7 Å². The highest BCUT2D eigenvalue weighted by Gasteiger charge is 2.10. The number of hydrogen-bond acceptors (Lipinski definition) is 5. The number of aromatic nitrogens is 2. The van der Waals surface area contributed by atoms with Crippen LogP contribution in [0.1, 0.15) is 18.7 Å². The Bertz CT molecular complexity index is 616. The second-order valence-corrected chi connectivity index (χ2v) is 5.15. The van der Waals surface area contributed by atoms with Crippen molar-refractivity contribution < 1.29 is 14.1 Å². The third-order valence-corrected chi connectivity index (χ3v) is 3.20. The summed E-state index contributed by atoms with van der Waals surface area (Å²) < 4.78 is 10.1. The quantitative estimate of drug-likeness (QED) is 0.755. The normalized spacial score (nSPS) is 10.6. The summed E-state index contributed by atoms with van der Waals surface area (Å²) in [6.45, 7) is 1.23. The Balaban J connectivity index is 1.81. The van der Waals surface area contributed by atoms with Crippen LogP contribution in [0.3, 0.4) is 0 Å². The van der Waals surface area contributed by atoms with Crippen molar-refractivity contribution in [3.63, 3.8) is 0 Å². The fourth-order valence-corrected chi connectivity index (χ4v) is 2.04. The van der Waals surface area contributed by atoms with Gasteiger partial charge >= 0.3 is 0 Å². The molecule has 0 unspecified atom stereocenters. The van der Waals surface area contributed by atoms with Crippen molar-refractivity contribution >= 4 is 17.5 Å². The summed E-state index contributed by atoms with van der Waals surface area (Å²) in [6.07, 6.45) is 1.51. The summed E-state index contributed by atoms with van der Waals surface area (Å²) in [5, 5.41) is 7.32. The SMILES string of the molecule is COCCCNC(=O)CCc1nc(-c2cccc(Cl)c2)no1. The first-order valence-corrected chi connectivity index (χ1v) is 7.41. The number of halogens is 1. The van der Waals surface area contributed by atoms with Crippen LogP contribution in [0.4, 0.5) is 0 Å². The molecule has 1 heterocycles. The second-order valence-electron chi connectivity index (χ2n) is 4.72. The average molecular weight is 324 g/mol. The molecule has 0 saturated heterocycles. The number of nitrogens with zero attached hydrogens (tertiary/aromatic N) is 2. The van der Waals surface area contributed by atoms with Crippen LogP contribution in [0.25, 0.3) is 11.4 Å². The molecule has 0 radical (unpaired) electrons. The van der Waals surface area contributed by atoms with Crippen LogP contribution in [0.2, 0.25) is 5.02 Å². The van der Waals surface area contributed by atoms with Crippen LogP contribution in [0.5, 0.6) is 0 Å². The lowest BCUT2D eigenvalue weighted by molar-refractivity contribution is -0.121. The van der Waals surface area contributed by atoms with E-state index in [1.165, 1.54) is 0 Å². The van der Waals surface area contributed by atoms with Crippen molar-refractivity contribution in [1.29, 1.82) is 0 Å². The van der Waals surface area contributed by atoms with E-state index in [4.69, 9.17) is 20.9 Å². The molecule has 7 heteroatoms. The standard InChI is InChI=1S/C15H18ClN3O3/c1-21-9-3-8-17-13(20)6-7-14-18-15(19-22-14)11-4-2-5-12(16)10-11/h2,4-5,10H,3,6-9H2,1H3,(H,17,20). The number of benzene rings is 1. The first-order chi connectivity index (χ1) is 10.7.